The third-order valence-electron chi connectivity index (χ3n) is 6.22. The van der Waals surface area contributed by atoms with Crippen LogP contribution in [0.5, 0.6) is 11.5 Å². The van der Waals surface area contributed by atoms with Gasteiger partial charge in [0.1, 0.15) is 18.2 Å². The Morgan fingerprint density at radius 2 is 2.03 bits per heavy atom. The molecule has 0 aliphatic rings. The number of nitrogens with zero attached hydrogens (tertiary/aromatic N) is 3. The minimum Gasteiger partial charge on any atom is -0.493 e. The Morgan fingerprint density at radius 1 is 1.21 bits per heavy atom. The van der Waals surface area contributed by atoms with Crippen LogP contribution < -0.4 is 15.0 Å². The molecule has 0 bridgehead atoms. The zero-order chi connectivity index (χ0) is 27.2. The van der Waals surface area contributed by atoms with Crippen LogP contribution in [0.3, 0.4) is 0 Å². The molecule has 4 rings (SSSR count). The molecule has 0 aliphatic carbocycles. The maximum absolute atomic E-state index is 13.6. The van der Waals surface area contributed by atoms with E-state index in [1.54, 1.807) is 43.7 Å². The van der Waals surface area contributed by atoms with Crippen LogP contribution in [-0.2, 0) is 13.0 Å². The molecule has 38 heavy (non-hydrogen) atoms. The molecular weight excluding hydrogens is 549 g/mol. The van der Waals surface area contributed by atoms with E-state index < -0.39 is 0 Å². The van der Waals surface area contributed by atoms with Crippen molar-refractivity contribution in [3.05, 3.63) is 110 Å². The molecule has 8 heteroatoms. The van der Waals surface area contributed by atoms with Crippen LogP contribution >= 0.6 is 15.9 Å². The van der Waals surface area contributed by atoms with Crippen LogP contribution in [0.25, 0.3) is 10.9 Å². The molecule has 196 valence electrons. The Morgan fingerprint density at radius 3 is 2.74 bits per heavy atom. The van der Waals surface area contributed by atoms with Crippen LogP contribution in [0.1, 0.15) is 48.7 Å². The van der Waals surface area contributed by atoms with E-state index in [9.17, 15) is 9.18 Å². The zero-order valence-corrected chi connectivity index (χ0v) is 23.2. The highest BCUT2D eigenvalue weighted by Crippen LogP contribution is 2.34. The minimum atomic E-state index is -0.321. The number of ether oxygens (including phenoxy) is 2. The zero-order valence-electron chi connectivity index (χ0n) is 21.6. The quantitative estimate of drug-likeness (QED) is 0.150. The average molecular weight is 578 g/mol. The van der Waals surface area contributed by atoms with Gasteiger partial charge >= 0.3 is 0 Å². The molecule has 0 radical (unpaired) electrons. The Bertz CT molecular complexity index is 1560. The molecule has 1 heterocycles. The van der Waals surface area contributed by atoms with Crippen LogP contribution in [0, 0.1) is 5.82 Å². The van der Waals surface area contributed by atoms with E-state index in [1.807, 2.05) is 32.0 Å². The van der Waals surface area contributed by atoms with E-state index in [0.717, 1.165) is 16.5 Å². The second-order valence-electron chi connectivity index (χ2n) is 8.93. The van der Waals surface area contributed by atoms with Gasteiger partial charge in [0, 0.05) is 16.0 Å². The first-order valence-electron chi connectivity index (χ1n) is 12.3. The minimum absolute atomic E-state index is 0.0253. The maximum Gasteiger partial charge on any atom is 0.282 e. The van der Waals surface area contributed by atoms with Crippen molar-refractivity contribution in [1.29, 1.82) is 0 Å². The number of aromatic nitrogens is 2. The van der Waals surface area contributed by atoms with Crippen LogP contribution in [0.15, 0.2) is 81.6 Å². The van der Waals surface area contributed by atoms with Crippen molar-refractivity contribution in [2.75, 3.05) is 7.11 Å². The summed E-state index contributed by atoms with van der Waals surface area (Å²) in [5.74, 6) is 1.34. The molecule has 0 saturated heterocycles. The molecule has 0 N–H and O–H groups in total. The van der Waals surface area contributed by atoms with Gasteiger partial charge in [-0.05, 0) is 66.4 Å². The molecule has 0 aliphatic heterocycles. The van der Waals surface area contributed by atoms with Gasteiger partial charge in [-0.25, -0.2) is 9.37 Å². The SMILES string of the molecule is C=CCc1cc(C=Nn2c([C@@H](C)CC)nc3ccc(Br)cc3c2=O)cc(OC)c1OCc1cccc(F)c1. The standard InChI is InChI=1S/C30H29BrFN3O3/c1-5-8-22-13-21(15-27(37-4)28(22)38-18-20-9-7-10-24(32)14-20)17-33-35-29(19(3)6-2)34-26-12-11-23(31)16-25(26)30(35)36/h5,7,9-17,19H,1,6,8,18H2,2-4H3/t19-/m0/s1. The fraction of sp³-hybridized carbons (Fsp3) is 0.233. The topological polar surface area (TPSA) is 65.7 Å². The lowest BCUT2D eigenvalue weighted by atomic mass is 10.1. The van der Waals surface area contributed by atoms with Gasteiger partial charge in [-0.15, -0.1) is 6.58 Å². The monoisotopic (exact) mass is 577 g/mol. The highest BCUT2D eigenvalue weighted by molar-refractivity contribution is 9.10. The van der Waals surface area contributed by atoms with E-state index in [0.29, 0.717) is 45.8 Å². The van der Waals surface area contributed by atoms with E-state index in [2.05, 4.69) is 27.6 Å². The number of fused-ring (bicyclic) bond motifs is 1. The smallest absolute Gasteiger partial charge is 0.282 e. The Labute approximate surface area is 229 Å². The Hall–Kier alpha value is -3.78. The fourth-order valence-electron chi connectivity index (χ4n) is 4.07. The molecule has 0 saturated carbocycles. The van der Waals surface area contributed by atoms with Crippen LogP contribution in [-0.4, -0.2) is 23.0 Å². The number of hydrogen-bond donors (Lipinski definition) is 0. The summed E-state index contributed by atoms with van der Waals surface area (Å²) in [6.45, 7) is 8.10. The largest absolute Gasteiger partial charge is 0.493 e. The summed E-state index contributed by atoms with van der Waals surface area (Å²) < 4.78 is 27.5. The summed E-state index contributed by atoms with van der Waals surface area (Å²) in [4.78, 5) is 18.2. The molecular formula is C30H29BrFN3O3. The molecule has 1 aromatic heterocycles. The van der Waals surface area contributed by atoms with Crippen molar-refractivity contribution in [3.63, 3.8) is 0 Å². The summed E-state index contributed by atoms with van der Waals surface area (Å²) >= 11 is 3.44. The lowest BCUT2D eigenvalue weighted by Gasteiger charge is -2.16. The highest BCUT2D eigenvalue weighted by Gasteiger charge is 2.17. The van der Waals surface area contributed by atoms with Crippen molar-refractivity contribution in [2.24, 2.45) is 5.10 Å². The van der Waals surface area contributed by atoms with Crippen molar-refractivity contribution in [3.8, 4) is 11.5 Å². The Balaban J connectivity index is 1.75. The number of halogens is 2. The van der Waals surface area contributed by atoms with Crippen molar-refractivity contribution in [2.45, 2.75) is 39.2 Å². The van der Waals surface area contributed by atoms with Crippen LogP contribution in [0.4, 0.5) is 4.39 Å². The molecule has 3 aromatic carbocycles. The van der Waals surface area contributed by atoms with E-state index in [-0.39, 0.29) is 23.9 Å². The van der Waals surface area contributed by atoms with Crippen molar-refractivity contribution in [1.82, 2.24) is 9.66 Å². The van der Waals surface area contributed by atoms with Gasteiger partial charge in [-0.2, -0.15) is 9.78 Å². The first-order chi connectivity index (χ1) is 18.3. The summed E-state index contributed by atoms with van der Waals surface area (Å²) in [6, 6.07) is 15.4. The van der Waals surface area contributed by atoms with E-state index >= 15 is 0 Å². The van der Waals surface area contributed by atoms with E-state index in [4.69, 9.17) is 14.5 Å². The number of methoxy groups -OCH3 is 1. The maximum atomic E-state index is 13.6. The summed E-state index contributed by atoms with van der Waals surface area (Å²) in [5, 5.41) is 5.05. The van der Waals surface area contributed by atoms with Gasteiger partial charge in [0.25, 0.3) is 5.56 Å². The van der Waals surface area contributed by atoms with Gasteiger partial charge in [0.2, 0.25) is 0 Å². The van der Waals surface area contributed by atoms with Crippen molar-refractivity contribution >= 4 is 33.0 Å². The molecule has 4 aromatic rings. The van der Waals surface area contributed by atoms with Crippen LogP contribution in [0.2, 0.25) is 0 Å². The third-order valence-corrected chi connectivity index (χ3v) is 6.71. The molecule has 1 atom stereocenters. The van der Waals surface area contributed by atoms with Gasteiger partial charge in [0.15, 0.2) is 11.5 Å². The predicted octanol–water partition coefficient (Wildman–Crippen LogP) is 7.01. The first-order valence-corrected chi connectivity index (χ1v) is 13.1. The second-order valence-corrected chi connectivity index (χ2v) is 9.84. The molecule has 0 spiro atoms. The van der Waals surface area contributed by atoms with Gasteiger partial charge in [-0.3, -0.25) is 4.79 Å². The summed E-state index contributed by atoms with van der Waals surface area (Å²) in [5.41, 5.74) is 2.64. The third kappa shape index (κ3) is 6.02. The molecule has 0 amide bonds. The number of allylic oxidation sites excluding steroid dienone is 1. The molecule has 0 fully saturated rings. The average Bonchev–Trinajstić information content (AvgIpc) is 2.91. The normalized spacial score (nSPS) is 12.1. The second kappa shape index (κ2) is 12.2. The summed E-state index contributed by atoms with van der Waals surface area (Å²) in [6.07, 6.45) is 4.70. The Kier molecular flexibility index (Phi) is 8.73. The summed E-state index contributed by atoms with van der Waals surface area (Å²) in [7, 11) is 1.56. The number of hydrogen-bond acceptors (Lipinski definition) is 5. The number of benzene rings is 3. The predicted molar refractivity (Wildman–Crippen MR) is 153 cm³/mol. The van der Waals surface area contributed by atoms with Gasteiger partial charge in [0.05, 0.1) is 24.2 Å². The lowest BCUT2D eigenvalue weighted by molar-refractivity contribution is 0.281. The number of rotatable bonds is 10. The lowest BCUT2D eigenvalue weighted by Crippen LogP contribution is -2.23. The van der Waals surface area contributed by atoms with Gasteiger partial charge in [-0.1, -0.05) is 48.0 Å². The van der Waals surface area contributed by atoms with Gasteiger partial charge < -0.3 is 9.47 Å². The molecule has 0 unspecified atom stereocenters. The van der Waals surface area contributed by atoms with Crippen molar-refractivity contribution < 1.29 is 13.9 Å². The first kappa shape index (κ1) is 27.3. The fourth-order valence-corrected chi connectivity index (χ4v) is 4.43. The van der Waals surface area contributed by atoms with E-state index in [1.165, 1.54) is 16.8 Å². The molecule has 6 nitrogen and oxygen atoms in total. The highest BCUT2D eigenvalue weighted by atomic mass is 79.9.